The Balaban J connectivity index is 1.94. The van der Waals surface area contributed by atoms with Gasteiger partial charge in [0.15, 0.2) is 16.0 Å². The Kier molecular flexibility index (Phi) is 5.67. The summed E-state index contributed by atoms with van der Waals surface area (Å²) in [7, 11) is 0. The smallest absolute Gasteiger partial charge is 0.237 e. The highest BCUT2D eigenvalue weighted by molar-refractivity contribution is 8.02. The number of halogens is 2. The minimum absolute atomic E-state index is 0.210. The van der Waals surface area contributed by atoms with Crippen LogP contribution in [-0.4, -0.2) is 27.9 Å². The van der Waals surface area contributed by atoms with Crippen LogP contribution in [0.1, 0.15) is 13.8 Å². The molecule has 1 aromatic carbocycles. The van der Waals surface area contributed by atoms with Gasteiger partial charge in [0.05, 0.1) is 5.25 Å². The number of hydrogen-bond acceptors (Lipinski definition) is 6. The van der Waals surface area contributed by atoms with E-state index in [0.29, 0.717) is 9.47 Å². The first kappa shape index (κ1) is 16.6. The largest absolute Gasteiger partial charge is 0.360 e. The Morgan fingerprint density at radius 1 is 1.36 bits per heavy atom. The van der Waals surface area contributed by atoms with Crippen LogP contribution in [0.25, 0.3) is 0 Å². The third-order valence-corrected chi connectivity index (χ3v) is 4.63. The average Bonchev–Trinajstić information content (AvgIpc) is 2.90. The second-order valence-corrected chi connectivity index (χ2v) is 6.85. The highest BCUT2D eigenvalue weighted by Gasteiger charge is 2.17. The minimum atomic E-state index is -1.00. The molecule has 2 rings (SSSR count). The van der Waals surface area contributed by atoms with Crippen molar-refractivity contribution in [1.82, 2.24) is 10.2 Å². The summed E-state index contributed by atoms with van der Waals surface area (Å²) in [4.78, 5) is 12.0. The van der Waals surface area contributed by atoms with Gasteiger partial charge in [0.25, 0.3) is 0 Å². The summed E-state index contributed by atoms with van der Waals surface area (Å²) in [6, 6.07) is 3.22. The maximum absolute atomic E-state index is 13.1. The summed E-state index contributed by atoms with van der Waals surface area (Å²) in [6.45, 7) is 4.39. The summed E-state index contributed by atoms with van der Waals surface area (Å²) in [5, 5.41) is 13.7. The molecule has 1 heterocycles. The highest BCUT2D eigenvalue weighted by Crippen LogP contribution is 2.29. The second kappa shape index (κ2) is 7.50. The molecule has 0 bridgehead atoms. The zero-order chi connectivity index (χ0) is 16.1. The van der Waals surface area contributed by atoms with Crippen LogP contribution in [0.4, 0.5) is 19.6 Å². The quantitative estimate of drug-likeness (QED) is 0.787. The lowest BCUT2D eigenvalue weighted by molar-refractivity contribution is -0.115. The predicted octanol–water partition coefficient (Wildman–Crippen LogP) is 3.37. The van der Waals surface area contributed by atoms with Crippen molar-refractivity contribution in [3.05, 3.63) is 29.8 Å². The van der Waals surface area contributed by atoms with Crippen LogP contribution in [0.5, 0.6) is 0 Å². The molecule has 0 radical (unpaired) electrons. The molecule has 0 unspecified atom stereocenters. The number of anilines is 2. The van der Waals surface area contributed by atoms with E-state index in [1.165, 1.54) is 29.2 Å². The van der Waals surface area contributed by atoms with Gasteiger partial charge < -0.3 is 10.6 Å². The van der Waals surface area contributed by atoms with E-state index in [2.05, 4.69) is 20.8 Å². The number of benzene rings is 1. The number of carbonyl (C=O) groups excluding carboxylic acids is 1. The maximum atomic E-state index is 13.1. The molecule has 0 spiro atoms. The Morgan fingerprint density at radius 2 is 2.14 bits per heavy atom. The molecule has 9 heteroatoms. The fraction of sp³-hybridized carbons (Fsp3) is 0.308. The third kappa shape index (κ3) is 4.38. The molecular formula is C13H14F2N4OS2. The molecule has 0 saturated carbocycles. The minimum Gasteiger partial charge on any atom is -0.360 e. The molecule has 118 valence electrons. The topological polar surface area (TPSA) is 66.9 Å². The van der Waals surface area contributed by atoms with Gasteiger partial charge in [-0.1, -0.05) is 23.1 Å². The molecule has 0 aliphatic heterocycles. The van der Waals surface area contributed by atoms with Crippen LogP contribution in [0.2, 0.25) is 0 Å². The summed E-state index contributed by atoms with van der Waals surface area (Å²) in [5.41, 5.74) is 0.210. The Labute approximate surface area is 134 Å². The lowest BCUT2D eigenvalue weighted by Gasteiger charge is -2.10. The van der Waals surface area contributed by atoms with Gasteiger partial charge >= 0.3 is 0 Å². The number of nitrogens with one attached hydrogen (secondary N) is 2. The van der Waals surface area contributed by atoms with E-state index >= 15 is 0 Å². The predicted molar refractivity (Wildman–Crippen MR) is 84.4 cm³/mol. The van der Waals surface area contributed by atoms with Gasteiger partial charge in [-0.3, -0.25) is 4.79 Å². The van der Waals surface area contributed by atoms with Crippen molar-refractivity contribution >= 4 is 39.8 Å². The van der Waals surface area contributed by atoms with Gasteiger partial charge in [-0.05, 0) is 26.0 Å². The fourth-order valence-corrected chi connectivity index (χ4v) is 3.47. The molecule has 2 aromatic rings. The summed E-state index contributed by atoms with van der Waals surface area (Å²) in [5.74, 6) is -2.28. The molecular weight excluding hydrogens is 330 g/mol. The maximum Gasteiger partial charge on any atom is 0.237 e. The summed E-state index contributed by atoms with van der Waals surface area (Å²) < 4.78 is 26.6. The van der Waals surface area contributed by atoms with Crippen molar-refractivity contribution in [2.24, 2.45) is 0 Å². The first-order chi connectivity index (χ1) is 10.5. The molecule has 0 aliphatic rings. The Morgan fingerprint density at radius 3 is 2.82 bits per heavy atom. The average molecular weight is 344 g/mol. The molecule has 0 aliphatic carbocycles. The number of nitrogens with zero attached hydrogens (tertiary/aromatic N) is 2. The lowest BCUT2D eigenvalue weighted by atomic mass is 10.3. The Hall–Kier alpha value is -1.74. The zero-order valence-electron chi connectivity index (χ0n) is 11.9. The Bertz CT molecular complexity index is 665. The monoisotopic (exact) mass is 344 g/mol. The zero-order valence-corrected chi connectivity index (χ0v) is 13.5. The van der Waals surface area contributed by atoms with Gasteiger partial charge in [-0.25, -0.2) is 8.78 Å². The number of aromatic nitrogens is 2. The van der Waals surface area contributed by atoms with Crippen molar-refractivity contribution in [3.8, 4) is 0 Å². The van der Waals surface area contributed by atoms with Crippen molar-refractivity contribution in [3.63, 3.8) is 0 Å². The van der Waals surface area contributed by atoms with Crippen LogP contribution in [0, 0.1) is 11.6 Å². The lowest BCUT2D eigenvalue weighted by Crippen LogP contribution is -2.22. The van der Waals surface area contributed by atoms with E-state index in [0.717, 1.165) is 18.7 Å². The van der Waals surface area contributed by atoms with Crippen molar-refractivity contribution in [1.29, 1.82) is 0 Å². The molecule has 5 nitrogen and oxygen atoms in total. The summed E-state index contributed by atoms with van der Waals surface area (Å²) in [6.07, 6.45) is 0. The summed E-state index contributed by atoms with van der Waals surface area (Å²) >= 11 is 2.60. The number of carbonyl (C=O) groups is 1. The second-order valence-electron chi connectivity index (χ2n) is 4.28. The SMILES string of the molecule is CCNc1nnc(S[C@H](C)C(=O)Nc2ccc(F)c(F)c2)s1. The number of rotatable bonds is 6. The van der Waals surface area contributed by atoms with Gasteiger partial charge in [-0.15, -0.1) is 10.2 Å². The van der Waals surface area contributed by atoms with E-state index in [1.807, 2.05) is 6.92 Å². The molecule has 2 N–H and O–H groups in total. The molecule has 1 aromatic heterocycles. The van der Waals surface area contributed by atoms with Crippen molar-refractivity contribution in [2.45, 2.75) is 23.4 Å². The van der Waals surface area contributed by atoms with Crippen molar-refractivity contribution in [2.75, 3.05) is 17.2 Å². The van der Waals surface area contributed by atoms with E-state index in [1.54, 1.807) is 6.92 Å². The fourth-order valence-electron chi connectivity index (χ4n) is 1.50. The third-order valence-electron chi connectivity index (χ3n) is 2.57. The molecule has 1 atom stereocenters. The molecule has 22 heavy (non-hydrogen) atoms. The number of thioether (sulfide) groups is 1. The molecule has 0 fully saturated rings. The number of hydrogen-bond donors (Lipinski definition) is 2. The molecule has 1 amide bonds. The van der Waals surface area contributed by atoms with Crippen LogP contribution < -0.4 is 10.6 Å². The highest BCUT2D eigenvalue weighted by atomic mass is 32.2. The van der Waals surface area contributed by atoms with E-state index < -0.39 is 16.9 Å². The van der Waals surface area contributed by atoms with Gasteiger partial charge in [0.2, 0.25) is 11.0 Å². The first-order valence-electron chi connectivity index (χ1n) is 6.49. The van der Waals surface area contributed by atoms with E-state index in [-0.39, 0.29) is 11.6 Å². The van der Waals surface area contributed by atoms with E-state index in [4.69, 9.17) is 0 Å². The normalized spacial score (nSPS) is 12.0. The molecule has 0 saturated heterocycles. The van der Waals surface area contributed by atoms with Gasteiger partial charge in [-0.2, -0.15) is 0 Å². The number of amides is 1. The van der Waals surface area contributed by atoms with Crippen LogP contribution in [0.3, 0.4) is 0 Å². The van der Waals surface area contributed by atoms with Crippen molar-refractivity contribution < 1.29 is 13.6 Å². The van der Waals surface area contributed by atoms with Crippen LogP contribution in [0.15, 0.2) is 22.5 Å². The van der Waals surface area contributed by atoms with Gasteiger partial charge in [0, 0.05) is 18.3 Å². The van der Waals surface area contributed by atoms with Crippen LogP contribution in [-0.2, 0) is 4.79 Å². The first-order valence-corrected chi connectivity index (χ1v) is 8.19. The van der Waals surface area contributed by atoms with Crippen LogP contribution >= 0.6 is 23.1 Å². The van der Waals surface area contributed by atoms with Gasteiger partial charge in [0.1, 0.15) is 0 Å². The standard InChI is InChI=1S/C13H14F2N4OS2/c1-3-16-12-18-19-13(22-12)21-7(2)11(20)17-8-4-5-9(14)10(15)6-8/h4-7H,3H2,1-2H3,(H,16,18)(H,17,20)/t7-/m1/s1. The van der Waals surface area contributed by atoms with E-state index in [9.17, 15) is 13.6 Å².